The minimum atomic E-state index is -1.80. The standard InChI is InChI=1S/C25H30FN3O4S/c1-17-7-13-22(14-8-17)29(18(2)25(32)28-20-5-3-4-6-20)24(31)16-34(33)15-23(30)27-21-11-9-19(26)10-12-21/h7-14,18,20H,3-6,15-16H2,1-2H3,(H,27,30)(H,28,32)/t18-,34+/m0/s1. The number of halogens is 1. The fourth-order valence-electron chi connectivity index (χ4n) is 3.93. The Morgan fingerprint density at radius 1 is 1.03 bits per heavy atom. The summed E-state index contributed by atoms with van der Waals surface area (Å²) in [5, 5.41) is 5.55. The van der Waals surface area contributed by atoms with Gasteiger partial charge in [-0.3, -0.25) is 23.5 Å². The van der Waals surface area contributed by atoms with Crippen LogP contribution in [0.3, 0.4) is 0 Å². The zero-order valence-electron chi connectivity index (χ0n) is 19.4. The number of nitrogens with zero attached hydrogens (tertiary/aromatic N) is 1. The molecule has 0 spiro atoms. The Morgan fingerprint density at radius 2 is 1.65 bits per heavy atom. The lowest BCUT2D eigenvalue weighted by Gasteiger charge is -2.29. The SMILES string of the molecule is Cc1ccc(N(C(=O)C[S@](=O)CC(=O)Nc2ccc(F)cc2)[C@@H](C)C(=O)NC2CCCC2)cc1. The van der Waals surface area contributed by atoms with Crippen LogP contribution in [0, 0.1) is 12.7 Å². The first-order valence-electron chi connectivity index (χ1n) is 11.3. The van der Waals surface area contributed by atoms with Crippen molar-refractivity contribution < 1.29 is 23.0 Å². The van der Waals surface area contributed by atoms with E-state index in [9.17, 15) is 23.0 Å². The zero-order chi connectivity index (χ0) is 24.7. The average Bonchev–Trinajstić information content (AvgIpc) is 3.29. The van der Waals surface area contributed by atoms with Gasteiger partial charge in [-0.2, -0.15) is 0 Å². The molecule has 0 aromatic heterocycles. The van der Waals surface area contributed by atoms with Gasteiger partial charge in [0.2, 0.25) is 17.7 Å². The highest BCUT2D eigenvalue weighted by molar-refractivity contribution is 7.86. The summed E-state index contributed by atoms with van der Waals surface area (Å²) in [6.45, 7) is 3.56. The van der Waals surface area contributed by atoms with Crippen molar-refractivity contribution in [2.45, 2.75) is 51.6 Å². The van der Waals surface area contributed by atoms with Gasteiger partial charge in [0.25, 0.3) is 0 Å². The Bertz CT molecular complexity index is 1040. The third-order valence-corrected chi connectivity index (χ3v) is 6.91. The molecule has 2 aromatic carbocycles. The first kappa shape index (κ1) is 25.6. The molecule has 0 radical (unpaired) electrons. The molecule has 0 aliphatic heterocycles. The summed E-state index contributed by atoms with van der Waals surface area (Å²) in [5.74, 6) is -2.56. The molecule has 3 amide bonds. The predicted molar refractivity (Wildman–Crippen MR) is 131 cm³/mol. The monoisotopic (exact) mass is 487 g/mol. The topological polar surface area (TPSA) is 95.6 Å². The molecule has 1 fully saturated rings. The molecule has 1 aliphatic rings. The minimum Gasteiger partial charge on any atom is -0.352 e. The van der Waals surface area contributed by atoms with Crippen LogP contribution in [0.2, 0.25) is 0 Å². The molecule has 2 atom stereocenters. The van der Waals surface area contributed by atoms with Gasteiger partial charge in [-0.1, -0.05) is 30.5 Å². The average molecular weight is 488 g/mol. The predicted octanol–water partition coefficient (Wildman–Crippen LogP) is 3.30. The zero-order valence-corrected chi connectivity index (χ0v) is 20.2. The molecule has 2 aromatic rings. The van der Waals surface area contributed by atoms with E-state index in [1.165, 1.54) is 29.2 Å². The van der Waals surface area contributed by atoms with E-state index in [0.717, 1.165) is 31.2 Å². The Hall–Kier alpha value is -3.07. The highest BCUT2D eigenvalue weighted by Crippen LogP contribution is 2.21. The first-order chi connectivity index (χ1) is 16.2. The lowest BCUT2D eigenvalue weighted by atomic mass is 10.1. The molecule has 1 saturated carbocycles. The second-order valence-corrected chi connectivity index (χ2v) is 10.0. The Kier molecular flexibility index (Phi) is 8.92. The number of aryl methyl sites for hydroxylation is 1. The molecule has 0 saturated heterocycles. The van der Waals surface area contributed by atoms with Crippen molar-refractivity contribution >= 4 is 39.9 Å². The molecule has 34 heavy (non-hydrogen) atoms. The Balaban J connectivity index is 1.66. The molecule has 2 N–H and O–H groups in total. The molecule has 1 aliphatic carbocycles. The smallest absolute Gasteiger partial charge is 0.243 e. The van der Waals surface area contributed by atoms with Crippen LogP contribution in [0.25, 0.3) is 0 Å². The van der Waals surface area contributed by atoms with E-state index in [0.29, 0.717) is 11.4 Å². The number of anilines is 2. The van der Waals surface area contributed by atoms with E-state index in [2.05, 4.69) is 10.6 Å². The fourth-order valence-corrected chi connectivity index (χ4v) is 4.81. The van der Waals surface area contributed by atoms with Crippen LogP contribution in [-0.4, -0.2) is 45.5 Å². The largest absolute Gasteiger partial charge is 0.352 e. The van der Waals surface area contributed by atoms with Crippen LogP contribution < -0.4 is 15.5 Å². The van der Waals surface area contributed by atoms with Crippen LogP contribution in [0.5, 0.6) is 0 Å². The van der Waals surface area contributed by atoms with E-state index in [1.807, 2.05) is 19.1 Å². The van der Waals surface area contributed by atoms with Gasteiger partial charge in [-0.25, -0.2) is 4.39 Å². The summed E-state index contributed by atoms with van der Waals surface area (Å²) in [7, 11) is -1.80. The number of carbonyl (C=O) groups is 3. The quantitative estimate of drug-likeness (QED) is 0.567. The first-order valence-corrected chi connectivity index (χ1v) is 12.8. The van der Waals surface area contributed by atoms with Crippen LogP contribution in [0.1, 0.15) is 38.2 Å². The van der Waals surface area contributed by atoms with Crippen molar-refractivity contribution in [3.8, 4) is 0 Å². The summed E-state index contributed by atoms with van der Waals surface area (Å²) < 4.78 is 25.6. The fraction of sp³-hybridized carbons (Fsp3) is 0.400. The van der Waals surface area contributed by atoms with E-state index in [-0.39, 0.29) is 11.9 Å². The highest BCUT2D eigenvalue weighted by atomic mass is 32.2. The summed E-state index contributed by atoms with van der Waals surface area (Å²) in [4.78, 5) is 39.6. The third kappa shape index (κ3) is 7.21. The van der Waals surface area contributed by atoms with Crippen LogP contribution in [-0.2, 0) is 25.2 Å². The maximum atomic E-state index is 13.2. The number of amides is 3. The van der Waals surface area contributed by atoms with E-state index in [1.54, 1.807) is 19.1 Å². The molecule has 0 bridgehead atoms. The molecule has 182 valence electrons. The van der Waals surface area contributed by atoms with Gasteiger partial charge in [-0.15, -0.1) is 0 Å². The molecule has 0 unspecified atom stereocenters. The third-order valence-electron chi connectivity index (χ3n) is 5.75. The lowest BCUT2D eigenvalue weighted by molar-refractivity contribution is -0.125. The van der Waals surface area contributed by atoms with Crippen LogP contribution >= 0.6 is 0 Å². The molecular formula is C25H30FN3O4S. The number of hydrogen-bond acceptors (Lipinski definition) is 4. The maximum absolute atomic E-state index is 13.2. The summed E-state index contributed by atoms with van der Waals surface area (Å²) >= 11 is 0. The molecule has 0 heterocycles. The number of hydrogen-bond donors (Lipinski definition) is 2. The molecule has 7 nitrogen and oxygen atoms in total. The van der Waals surface area contributed by atoms with Crippen molar-refractivity contribution in [1.82, 2.24) is 5.32 Å². The minimum absolute atomic E-state index is 0.106. The summed E-state index contributed by atoms with van der Waals surface area (Å²) in [5.41, 5.74) is 1.89. The van der Waals surface area contributed by atoms with Crippen LogP contribution in [0.15, 0.2) is 48.5 Å². The normalized spacial score (nSPS) is 15.4. The Labute approximate surface area is 201 Å². The molecule has 9 heteroatoms. The summed E-state index contributed by atoms with van der Waals surface area (Å²) in [6, 6.07) is 11.7. The molecule has 3 rings (SSSR count). The van der Waals surface area contributed by atoms with Crippen molar-refractivity contribution in [2.24, 2.45) is 0 Å². The Morgan fingerprint density at radius 3 is 2.26 bits per heavy atom. The number of carbonyl (C=O) groups excluding carboxylic acids is 3. The van der Waals surface area contributed by atoms with E-state index < -0.39 is 46.0 Å². The highest BCUT2D eigenvalue weighted by Gasteiger charge is 2.30. The second-order valence-electron chi connectivity index (χ2n) is 8.55. The van der Waals surface area contributed by atoms with Gasteiger partial charge in [0.1, 0.15) is 23.4 Å². The lowest BCUT2D eigenvalue weighted by Crippen LogP contribution is -2.51. The van der Waals surface area contributed by atoms with Crippen molar-refractivity contribution in [3.05, 3.63) is 59.9 Å². The van der Waals surface area contributed by atoms with Gasteiger partial charge < -0.3 is 10.6 Å². The van der Waals surface area contributed by atoms with Gasteiger partial charge in [0, 0.05) is 28.2 Å². The maximum Gasteiger partial charge on any atom is 0.243 e. The van der Waals surface area contributed by atoms with Gasteiger partial charge >= 0.3 is 0 Å². The van der Waals surface area contributed by atoms with E-state index >= 15 is 0 Å². The molecular weight excluding hydrogens is 457 g/mol. The second kappa shape index (κ2) is 11.9. The van der Waals surface area contributed by atoms with Gasteiger partial charge in [0.05, 0.1) is 0 Å². The number of rotatable bonds is 9. The van der Waals surface area contributed by atoms with Crippen molar-refractivity contribution in [1.29, 1.82) is 0 Å². The van der Waals surface area contributed by atoms with Crippen molar-refractivity contribution in [3.63, 3.8) is 0 Å². The van der Waals surface area contributed by atoms with Gasteiger partial charge in [-0.05, 0) is 63.1 Å². The van der Waals surface area contributed by atoms with E-state index in [4.69, 9.17) is 0 Å². The van der Waals surface area contributed by atoms with Crippen molar-refractivity contribution in [2.75, 3.05) is 21.7 Å². The van der Waals surface area contributed by atoms with Gasteiger partial charge in [0.15, 0.2) is 0 Å². The van der Waals surface area contributed by atoms with Crippen LogP contribution in [0.4, 0.5) is 15.8 Å². The number of nitrogens with one attached hydrogen (secondary N) is 2. The number of benzene rings is 2. The summed E-state index contributed by atoms with van der Waals surface area (Å²) in [6.07, 6.45) is 3.98.